The van der Waals surface area contributed by atoms with Gasteiger partial charge in [0.05, 0.1) is 6.10 Å². The average molecular weight is 709 g/mol. The quantitative estimate of drug-likeness (QED) is 0.478. The minimum atomic E-state index is -0.386. The summed E-state index contributed by atoms with van der Waals surface area (Å²) in [4.78, 5) is 0. The minimum absolute atomic E-state index is 0. The molecule has 0 bridgehead atoms. The Balaban J connectivity index is 0. The van der Waals surface area contributed by atoms with Crippen LogP contribution in [0.1, 0.15) is 38.7 Å². The van der Waals surface area contributed by atoms with E-state index in [4.69, 9.17) is 4.74 Å². The number of hydrogen-bond donors (Lipinski definition) is 1. The van der Waals surface area contributed by atoms with Gasteiger partial charge in [-0.2, -0.15) is 17.7 Å². The van der Waals surface area contributed by atoms with Gasteiger partial charge in [0.15, 0.2) is 0 Å². The van der Waals surface area contributed by atoms with Crippen LogP contribution in [0.2, 0.25) is 0 Å². The molecule has 0 aliphatic heterocycles. The van der Waals surface area contributed by atoms with E-state index in [1.807, 2.05) is 25.1 Å². The van der Waals surface area contributed by atoms with Crippen molar-refractivity contribution in [3.8, 4) is 5.75 Å². The Kier molecular flexibility index (Phi) is 7.04. The molecule has 1 unspecified atom stereocenters. The van der Waals surface area contributed by atoms with Crippen molar-refractivity contribution in [3.63, 3.8) is 0 Å². The summed E-state index contributed by atoms with van der Waals surface area (Å²) >= 11 is 0. The van der Waals surface area contributed by atoms with Gasteiger partial charge in [-0.3, -0.25) is 0 Å². The minimum Gasteiger partial charge on any atom is -0.517 e. The molecule has 104 valence electrons. The fourth-order valence-corrected chi connectivity index (χ4v) is 1.18. The molecule has 4 heteroatoms. The molecule has 2 nitrogen and oxygen atoms in total. The van der Waals surface area contributed by atoms with Gasteiger partial charge in [-0.05, 0) is 6.42 Å². The van der Waals surface area contributed by atoms with Crippen LogP contribution in [0.3, 0.4) is 0 Å². The van der Waals surface area contributed by atoms with Crippen LogP contribution in [-0.4, -0.2) is 17.8 Å². The molecule has 0 fully saturated rings. The molecule has 1 atom stereocenters. The first-order chi connectivity index (χ1) is 7.13. The van der Waals surface area contributed by atoms with Crippen LogP contribution in [-0.2, 0) is 0 Å². The molecule has 0 heterocycles. The number of ether oxygens (including phenoxy) is 1. The zero-order valence-corrected chi connectivity index (χ0v) is 15.6. The zero-order valence-electron chi connectivity index (χ0n) is 10.3. The molecular weight excluding hydrogens is 690 g/mol. The van der Waals surface area contributed by atoms with Gasteiger partial charge in [-0.1, -0.05) is 26.7 Å². The van der Waals surface area contributed by atoms with Crippen LogP contribution in [0, 0.1) is 6.07 Å². The Labute approximate surface area is 91.9 Å². The number of hydrogen-bond acceptors (Lipinski definition) is 2. The number of benzene rings is 1. The average Bonchev–Trinajstić information content (AvgIpc) is 2.26. The van der Waals surface area contributed by atoms with E-state index in [0.717, 1.165) is 0 Å². The van der Waals surface area contributed by atoms with Gasteiger partial charge in [0.2, 0.25) is 0 Å². The fraction of sp³-hybridized carbons (Fsp3) is 0.538. The van der Waals surface area contributed by atoms with E-state index in [1.54, 1.807) is 0 Å². The van der Waals surface area contributed by atoms with Gasteiger partial charge in [-0.15, -0.1) is 12.1 Å². The molecule has 0 aliphatic rings. The Hall–Kier alpha value is -3.02. The molecular formula is C13H19Cf2O2-. The molecule has 0 aliphatic carbocycles. The smallest absolute Gasteiger partial charge is 0.111 e. The van der Waals surface area contributed by atoms with Crippen LogP contribution >= 0.6 is 0 Å². The SMILES string of the molecule is CCC(O)COc1[c-]cc(C(C)C)cc1.[Cf].[Cf]. The molecule has 0 radical (unpaired) electrons. The first-order valence-electron chi connectivity index (χ1n) is 5.46. The van der Waals surface area contributed by atoms with Crippen LogP contribution in [0.15, 0.2) is 18.2 Å². The summed E-state index contributed by atoms with van der Waals surface area (Å²) in [5.41, 5.74) is 1.25. The molecule has 0 aromatic heterocycles. The van der Waals surface area contributed by atoms with Crippen molar-refractivity contribution in [2.75, 3.05) is 6.61 Å². The van der Waals surface area contributed by atoms with Crippen molar-refractivity contribution in [1.82, 2.24) is 0 Å². The Bertz CT molecular complexity index is 286. The van der Waals surface area contributed by atoms with Crippen LogP contribution in [0.5, 0.6) is 5.75 Å². The van der Waals surface area contributed by atoms with Crippen molar-refractivity contribution >= 4 is 0 Å². The summed E-state index contributed by atoms with van der Waals surface area (Å²) in [7, 11) is 0. The van der Waals surface area contributed by atoms with Crippen molar-refractivity contribution in [1.29, 1.82) is 0 Å². The van der Waals surface area contributed by atoms with Gasteiger partial charge < -0.3 is 9.84 Å². The van der Waals surface area contributed by atoms with E-state index < -0.39 is 0 Å². The third kappa shape index (κ3) is 4.84. The van der Waals surface area contributed by atoms with Gasteiger partial charge in [0.25, 0.3) is 0 Å². The maximum Gasteiger partial charge on any atom is 0.111 e. The summed E-state index contributed by atoms with van der Waals surface area (Å²) in [6.07, 6.45) is 0.326. The molecule has 0 spiro atoms. The summed E-state index contributed by atoms with van der Waals surface area (Å²) < 4.78 is 5.39. The van der Waals surface area contributed by atoms with Gasteiger partial charge in [0, 0.05) is 5.75 Å². The second kappa shape index (κ2) is 7.30. The van der Waals surface area contributed by atoms with Crippen molar-refractivity contribution in [3.05, 3.63) is 29.8 Å². The third-order valence-corrected chi connectivity index (χ3v) is 2.38. The fourth-order valence-electron chi connectivity index (χ4n) is 1.18. The molecule has 0 saturated carbocycles. The molecule has 0 saturated heterocycles. The summed E-state index contributed by atoms with van der Waals surface area (Å²) in [6, 6.07) is 8.94. The number of aliphatic hydroxyl groups is 1. The van der Waals surface area contributed by atoms with E-state index in [-0.39, 0.29) is 6.10 Å². The second-order valence-corrected chi connectivity index (χ2v) is 4.01. The third-order valence-electron chi connectivity index (χ3n) is 2.38. The topological polar surface area (TPSA) is 29.5 Å². The Morgan fingerprint density at radius 3 is 2.35 bits per heavy atom. The van der Waals surface area contributed by atoms with Crippen molar-refractivity contribution in [2.24, 2.45) is 0 Å². The first-order valence-corrected chi connectivity index (χ1v) is 5.46. The largest absolute Gasteiger partial charge is 0.517 e. The van der Waals surface area contributed by atoms with Gasteiger partial charge in [0.1, 0.15) is 6.61 Å². The van der Waals surface area contributed by atoms with E-state index in [1.165, 1.54) is 5.56 Å². The zero-order chi connectivity index (χ0) is 11.3. The number of aliphatic hydroxyl groups excluding tert-OH is 1. The molecule has 1 rings (SSSR count). The summed E-state index contributed by atoms with van der Waals surface area (Å²) in [6.45, 7) is 6.56. The Morgan fingerprint density at radius 2 is 1.94 bits per heavy atom. The van der Waals surface area contributed by atoms with Gasteiger partial charge >= 0.3 is 0 Å². The number of rotatable bonds is 5. The Morgan fingerprint density at radius 1 is 1.29 bits per heavy atom. The predicted molar refractivity (Wildman–Crippen MR) is 61.2 cm³/mol. The molecule has 1 aromatic rings. The predicted octanol–water partition coefficient (Wildman–Crippen LogP) is 2.76. The molecule has 0 amide bonds. The maximum absolute atomic E-state index is 9.32. The summed E-state index contributed by atoms with van der Waals surface area (Å²) in [5.74, 6) is 1.21. The van der Waals surface area contributed by atoms with Crippen LogP contribution in [0.4, 0.5) is 0 Å². The van der Waals surface area contributed by atoms with Crippen LogP contribution in [0.25, 0.3) is 0 Å². The maximum atomic E-state index is 9.32. The first kappa shape index (κ1) is 16.4. The summed E-state index contributed by atoms with van der Waals surface area (Å²) in [5, 5.41) is 9.32. The molecule has 1 aromatic carbocycles. The van der Waals surface area contributed by atoms with E-state index >= 15 is 0 Å². The van der Waals surface area contributed by atoms with Crippen molar-refractivity contribution < 1.29 is 9.84 Å². The van der Waals surface area contributed by atoms with Gasteiger partial charge in [-0.25, -0.2) is 0 Å². The normalized spacial score (nSPS) is 11.4. The molecule has 1 N–H and O–H groups in total. The molecule has 17 heavy (non-hydrogen) atoms. The second-order valence-electron chi connectivity index (χ2n) is 4.01. The van der Waals surface area contributed by atoms with Crippen molar-refractivity contribution in [2.45, 2.75) is 39.2 Å². The van der Waals surface area contributed by atoms with E-state index in [2.05, 4.69) is 19.9 Å². The van der Waals surface area contributed by atoms with Crippen LogP contribution < -0.4 is 4.74 Å². The standard InChI is InChI=1S/C13H19O2.2Cf/c1-4-12(14)9-15-13-7-5-11(6-8-13)10(2)3;;/h5-7,10,12,14H,4,9H2,1-3H3;;/q-1;;. The van der Waals surface area contributed by atoms with E-state index in [9.17, 15) is 5.11 Å². The monoisotopic (exact) mass is 705 g/mol. The van der Waals surface area contributed by atoms with E-state index in [0.29, 0.717) is 24.7 Å².